The number of pyridine rings is 1. The van der Waals surface area contributed by atoms with E-state index in [1.807, 2.05) is 42.5 Å². The Morgan fingerprint density at radius 2 is 2.00 bits per heavy atom. The minimum absolute atomic E-state index is 0.655. The summed E-state index contributed by atoms with van der Waals surface area (Å²) in [5, 5.41) is 4.91. The molecule has 0 aliphatic carbocycles. The molecule has 0 saturated carbocycles. The highest BCUT2D eigenvalue weighted by Gasteiger charge is 2.06. The number of nitrogen functional groups attached to an aromatic ring is 1. The third-order valence-corrected chi connectivity index (χ3v) is 4.23. The predicted molar refractivity (Wildman–Crippen MR) is 88.6 cm³/mol. The number of anilines is 3. The van der Waals surface area contributed by atoms with Gasteiger partial charge in [0.15, 0.2) is 0 Å². The summed E-state index contributed by atoms with van der Waals surface area (Å²) in [6, 6.07) is 13.3. The van der Waals surface area contributed by atoms with Gasteiger partial charge in [0, 0.05) is 27.4 Å². The largest absolute Gasteiger partial charge is 0.398 e. The first-order chi connectivity index (χ1) is 9.65. The van der Waals surface area contributed by atoms with Crippen LogP contribution in [-0.4, -0.2) is 4.98 Å². The van der Waals surface area contributed by atoms with E-state index in [2.05, 4.69) is 26.2 Å². The number of hydrogen-bond donors (Lipinski definition) is 2. The van der Waals surface area contributed by atoms with Gasteiger partial charge in [-0.05, 0) is 58.4 Å². The molecule has 1 aromatic heterocycles. The normalized spacial score (nSPS) is 10.7. The van der Waals surface area contributed by atoms with Crippen LogP contribution >= 0.6 is 27.5 Å². The molecule has 3 rings (SSSR count). The predicted octanol–water partition coefficient (Wildman–Crippen LogP) is 4.98. The summed E-state index contributed by atoms with van der Waals surface area (Å²) in [5.41, 5.74) is 9.32. The number of benzene rings is 2. The van der Waals surface area contributed by atoms with Crippen molar-refractivity contribution in [1.82, 2.24) is 4.98 Å². The molecule has 0 radical (unpaired) electrons. The zero-order valence-corrected chi connectivity index (χ0v) is 12.7. The molecule has 2 aromatic carbocycles. The lowest BCUT2D eigenvalue weighted by molar-refractivity contribution is 1.40. The molecular weight excluding hydrogens is 338 g/mol. The third-order valence-electron chi connectivity index (χ3n) is 3.00. The fourth-order valence-electron chi connectivity index (χ4n) is 2.02. The van der Waals surface area contributed by atoms with E-state index in [-0.39, 0.29) is 0 Å². The molecule has 100 valence electrons. The van der Waals surface area contributed by atoms with Gasteiger partial charge in [0.1, 0.15) is 0 Å². The molecule has 0 unspecified atom stereocenters. The molecule has 1 heterocycles. The number of rotatable bonds is 2. The fraction of sp³-hybridized carbons (Fsp3) is 0. The smallest absolute Gasteiger partial charge is 0.0957 e. The Morgan fingerprint density at radius 1 is 1.15 bits per heavy atom. The van der Waals surface area contributed by atoms with Crippen molar-refractivity contribution >= 4 is 55.5 Å². The second kappa shape index (κ2) is 5.31. The van der Waals surface area contributed by atoms with Crippen LogP contribution in [0.15, 0.2) is 53.1 Å². The van der Waals surface area contributed by atoms with Crippen LogP contribution in [0.2, 0.25) is 5.02 Å². The first kappa shape index (κ1) is 13.2. The molecule has 0 fully saturated rings. The highest BCUT2D eigenvalue weighted by Crippen LogP contribution is 2.31. The van der Waals surface area contributed by atoms with Gasteiger partial charge in [-0.15, -0.1) is 0 Å². The zero-order chi connectivity index (χ0) is 14.1. The average Bonchev–Trinajstić information content (AvgIpc) is 2.46. The molecular formula is C15H11BrClN3. The number of fused-ring (bicyclic) bond motifs is 1. The van der Waals surface area contributed by atoms with Crippen molar-refractivity contribution in [3.05, 3.63) is 58.2 Å². The summed E-state index contributed by atoms with van der Waals surface area (Å²) >= 11 is 9.48. The summed E-state index contributed by atoms with van der Waals surface area (Å²) in [6.45, 7) is 0. The van der Waals surface area contributed by atoms with Crippen LogP contribution < -0.4 is 11.1 Å². The summed E-state index contributed by atoms with van der Waals surface area (Å²) in [6.07, 6.45) is 1.75. The Hall–Kier alpha value is -1.78. The van der Waals surface area contributed by atoms with Crippen molar-refractivity contribution < 1.29 is 0 Å². The topological polar surface area (TPSA) is 50.9 Å². The zero-order valence-electron chi connectivity index (χ0n) is 10.4. The minimum atomic E-state index is 0.655. The van der Waals surface area contributed by atoms with Crippen molar-refractivity contribution in [3.63, 3.8) is 0 Å². The molecule has 3 aromatic rings. The summed E-state index contributed by atoms with van der Waals surface area (Å²) in [4.78, 5) is 4.39. The number of halogens is 2. The van der Waals surface area contributed by atoms with E-state index in [1.54, 1.807) is 6.20 Å². The maximum atomic E-state index is 6.10. The van der Waals surface area contributed by atoms with Gasteiger partial charge in [0.2, 0.25) is 0 Å². The van der Waals surface area contributed by atoms with Crippen molar-refractivity contribution in [1.29, 1.82) is 0 Å². The lowest BCUT2D eigenvalue weighted by atomic mass is 10.1. The Balaban J connectivity index is 2.06. The Labute approximate surface area is 129 Å². The van der Waals surface area contributed by atoms with Crippen LogP contribution in [0.5, 0.6) is 0 Å². The maximum Gasteiger partial charge on any atom is 0.0957 e. The van der Waals surface area contributed by atoms with Crippen LogP contribution in [0, 0.1) is 0 Å². The molecule has 3 nitrogen and oxygen atoms in total. The first-order valence-corrected chi connectivity index (χ1v) is 7.17. The summed E-state index contributed by atoms with van der Waals surface area (Å²) in [7, 11) is 0. The number of nitrogens with zero attached hydrogens (tertiary/aromatic N) is 1. The fourth-order valence-corrected chi connectivity index (χ4v) is 2.45. The van der Waals surface area contributed by atoms with E-state index >= 15 is 0 Å². The van der Waals surface area contributed by atoms with Gasteiger partial charge >= 0.3 is 0 Å². The second-order valence-electron chi connectivity index (χ2n) is 4.36. The summed E-state index contributed by atoms with van der Waals surface area (Å²) < 4.78 is 0.866. The summed E-state index contributed by atoms with van der Waals surface area (Å²) in [5.74, 6) is 0. The second-order valence-corrected chi connectivity index (χ2v) is 5.62. The standard InChI is InChI=1S/C15H11BrClN3/c16-11-4-3-9(8-12(11)17)20-14-6-5-13(18)10-2-1-7-19-15(10)14/h1-8,20H,18H2. The number of nitrogens with two attached hydrogens (primary N) is 1. The van der Waals surface area contributed by atoms with Gasteiger partial charge in [-0.25, -0.2) is 0 Å². The van der Waals surface area contributed by atoms with Crippen LogP contribution in [0.25, 0.3) is 10.9 Å². The van der Waals surface area contributed by atoms with Crippen molar-refractivity contribution in [2.45, 2.75) is 0 Å². The molecule has 0 atom stereocenters. The van der Waals surface area contributed by atoms with E-state index in [0.29, 0.717) is 10.7 Å². The van der Waals surface area contributed by atoms with Crippen LogP contribution in [0.3, 0.4) is 0 Å². The quantitative estimate of drug-likeness (QED) is 0.642. The van der Waals surface area contributed by atoms with Crippen molar-refractivity contribution in [2.24, 2.45) is 0 Å². The van der Waals surface area contributed by atoms with Crippen LogP contribution in [0.4, 0.5) is 17.1 Å². The molecule has 5 heteroatoms. The lowest BCUT2D eigenvalue weighted by Crippen LogP contribution is -1.95. The number of aromatic nitrogens is 1. The molecule has 0 bridgehead atoms. The Kier molecular flexibility index (Phi) is 3.51. The molecule has 0 saturated heterocycles. The average molecular weight is 349 g/mol. The Bertz CT molecular complexity index is 789. The van der Waals surface area contributed by atoms with Gasteiger partial charge in [-0.2, -0.15) is 0 Å². The van der Waals surface area contributed by atoms with Gasteiger partial charge < -0.3 is 11.1 Å². The highest BCUT2D eigenvalue weighted by molar-refractivity contribution is 9.10. The van der Waals surface area contributed by atoms with Gasteiger partial charge in [-0.3, -0.25) is 4.98 Å². The molecule has 0 aliphatic heterocycles. The molecule has 0 spiro atoms. The van der Waals surface area contributed by atoms with Gasteiger partial charge in [0.25, 0.3) is 0 Å². The van der Waals surface area contributed by atoms with Gasteiger partial charge in [-0.1, -0.05) is 11.6 Å². The van der Waals surface area contributed by atoms with E-state index in [4.69, 9.17) is 17.3 Å². The van der Waals surface area contributed by atoms with E-state index in [1.165, 1.54) is 0 Å². The van der Waals surface area contributed by atoms with E-state index in [9.17, 15) is 0 Å². The Morgan fingerprint density at radius 3 is 2.80 bits per heavy atom. The minimum Gasteiger partial charge on any atom is -0.398 e. The maximum absolute atomic E-state index is 6.10. The van der Waals surface area contributed by atoms with E-state index < -0.39 is 0 Å². The van der Waals surface area contributed by atoms with Crippen molar-refractivity contribution in [3.8, 4) is 0 Å². The number of hydrogen-bond acceptors (Lipinski definition) is 3. The first-order valence-electron chi connectivity index (χ1n) is 6.00. The molecule has 20 heavy (non-hydrogen) atoms. The van der Waals surface area contributed by atoms with Crippen LogP contribution in [-0.2, 0) is 0 Å². The molecule has 0 aliphatic rings. The molecule has 3 N–H and O–H groups in total. The van der Waals surface area contributed by atoms with Gasteiger partial charge in [0.05, 0.1) is 16.2 Å². The number of nitrogens with one attached hydrogen (secondary N) is 1. The van der Waals surface area contributed by atoms with Crippen LogP contribution in [0.1, 0.15) is 0 Å². The monoisotopic (exact) mass is 347 g/mol. The molecule has 0 amide bonds. The lowest BCUT2D eigenvalue weighted by Gasteiger charge is -2.11. The third kappa shape index (κ3) is 2.44. The SMILES string of the molecule is Nc1ccc(Nc2ccc(Br)c(Cl)c2)c2ncccc12. The van der Waals surface area contributed by atoms with E-state index in [0.717, 1.165) is 26.8 Å². The van der Waals surface area contributed by atoms with Crippen molar-refractivity contribution in [2.75, 3.05) is 11.1 Å². The highest BCUT2D eigenvalue weighted by atomic mass is 79.9.